The Labute approximate surface area is 90.5 Å². The summed E-state index contributed by atoms with van der Waals surface area (Å²) in [7, 11) is 0. The Kier molecular flexibility index (Phi) is 3.44. The van der Waals surface area contributed by atoms with Crippen LogP contribution < -0.4 is 5.32 Å². The first kappa shape index (κ1) is 10.7. The molecule has 0 saturated heterocycles. The summed E-state index contributed by atoms with van der Waals surface area (Å²) in [4.78, 5) is 0. The highest BCUT2D eigenvalue weighted by molar-refractivity contribution is 5.03. The van der Waals surface area contributed by atoms with Crippen LogP contribution in [-0.4, -0.2) is 17.3 Å². The van der Waals surface area contributed by atoms with Crippen LogP contribution in [0.5, 0.6) is 0 Å². The zero-order valence-corrected chi connectivity index (χ0v) is 9.15. The minimum absolute atomic E-state index is 0.0815. The lowest BCUT2D eigenvalue weighted by Crippen LogP contribution is -2.36. The van der Waals surface area contributed by atoms with Crippen LogP contribution in [0.4, 0.5) is 0 Å². The Morgan fingerprint density at radius 3 is 2.73 bits per heavy atom. The molecule has 0 spiro atoms. The molecule has 0 aliphatic heterocycles. The molecule has 1 aromatic rings. The largest absolute Gasteiger partial charge is 0.468 e. The fraction of sp³-hybridized carbons (Fsp3) is 0.667. The molecule has 2 rings (SSSR count). The van der Waals surface area contributed by atoms with E-state index in [2.05, 4.69) is 12.2 Å². The maximum absolute atomic E-state index is 9.40. The van der Waals surface area contributed by atoms with Gasteiger partial charge in [0.15, 0.2) is 0 Å². The number of aliphatic hydroxyl groups is 1. The molecule has 1 aliphatic rings. The van der Waals surface area contributed by atoms with Crippen molar-refractivity contribution >= 4 is 0 Å². The molecule has 0 amide bonds. The molecule has 1 fully saturated rings. The van der Waals surface area contributed by atoms with E-state index in [1.165, 1.54) is 0 Å². The van der Waals surface area contributed by atoms with Gasteiger partial charge in [-0.05, 0) is 44.7 Å². The number of furan rings is 1. The maximum atomic E-state index is 9.40. The maximum Gasteiger partial charge on any atom is 0.120 e. The van der Waals surface area contributed by atoms with Crippen LogP contribution >= 0.6 is 0 Å². The van der Waals surface area contributed by atoms with Crippen molar-refractivity contribution in [3.05, 3.63) is 24.2 Å². The Bertz CT molecular complexity index is 276. The summed E-state index contributed by atoms with van der Waals surface area (Å²) >= 11 is 0. The van der Waals surface area contributed by atoms with Gasteiger partial charge in [-0.2, -0.15) is 0 Å². The van der Waals surface area contributed by atoms with Gasteiger partial charge in [0.1, 0.15) is 5.76 Å². The van der Waals surface area contributed by atoms with Gasteiger partial charge in [-0.3, -0.25) is 0 Å². The van der Waals surface area contributed by atoms with Crippen molar-refractivity contribution in [2.24, 2.45) is 0 Å². The van der Waals surface area contributed by atoms with Crippen molar-refractivity contribution in [2.45, 2.75) is 50.8 Å². The fourth-order valence-corrected chi connectivity index (χ4v) is 2.22. The Morgan fingerprint density at radius 2 is 2.13 bits per heavy atom. The normalized spacial score (nSPS) is 28.9. The third-order valence-electron chi connectivity index (χ3n) is 3.15. The van der Waals surface area contributed by atoms with Crippen molar-refractivity contribution in [1.29, 1.82) is 0 Å². The number of aliphatic hydroxyl groups excluding tert-OH is 1. The van der Waals surface area contributed by atoms with Gasteiger partial charge in [0.05, 0.1) is 18.4 Å². The molecule has 15 heavy (non-hydrogen) atoms. The Morgan fingerprint density at radius 1 is 1.40 bits per heavy atom. The molecule has 3 nitrogen and oxygen atoms in total. The lowest BCUT2D eigenvalue weighted by atomic mass is 9.92. The van der Waals surface area contributed by atoms with E-state index < -0.39 is 0 Å². The standard InChI is InChI=1S/C12H19NO2/c1-9(12-3-2-8-15-12)13-10-4-6-11(14)7-5-10/h2-3,8-11,13-14H,4-7H2,1H3. The van der Waals surface area contributed by atoms with E-state index in [-0.39, 0.29) is 12.1 Å². The monoisotopic (exact) mass is 209 g/mol. The van der Waals surface area contributed by atoms with Crippen molar-refractivity contribution < 1.29 is 9.52 Å². The van der Waals surface area contributed by atoms with Crippen LogP contribution in [0.3, 0.4) is 0 Å². The molecule has 3 heteroatoms. The van der Waals surface area contributed by atoms with Crippen molar-refractivity contribution in [1.82, 2.24) is 5.32 Å². The third-order valence-corrected chi connectivity index (χ3v) is 3.15. The minimum Gasteiger partial charge on any atom is -0.468 e. The second kappa shape index (κ2) is 4.81. The topological polar surface area (TPSA) is 45.4 Å². The summed E-state index contributed by atoms with van der Waals surface area (Å²) < 4.78 is 5.35. The van der Waals surface area contributed by atoms with E-state index in [1.54, 1.807) is 6.26 Å². The minimum atomic E-state index is -0.0815. The van der Waals surface area contributed by atoms with E-state index in [0.29, 0.717) is 6.04 Å². The lowest BCUT2D eigenvalue weighted by Gasteiger charge is -2.28. The molecule has 1 saturated carbocycles. The van der Waals surface area contributed by atoms with Gasteiger partial charge in [0.2, 0.25) is 0 Å². The molecule has 1 aromatic heterocycles. The molecule has 1 atom stereocenters. The second-order valence-corrected chi connectivity index (χ2v) is 4.41. The smallest absolute Gasteiger partial charge is 0.120 e. The zero-order chi connectivity index (χ0) is 10.7. The average molecular weight is 209 g/mol. The molecule has 1 unspecified atom stereocenters. The summed E-state index contributed by atoms with van der Waals surface area (Å²) in [6.45, 7) is 2.11. The summed E-state index contributed by atoms with van der Waals surface area (Å²) in [5, 5.41) is 12.9. The van der Waals surface area contributed by atoms with Gasteiger partial charge in [-0.25, -0.2) is 0 Å². The molecule has 0 aromatic carbocycles. The van der Waals surface area contributed by atoms with E-state index in [0.717, 1.165) is 31.4 Å². The van der Waals surface area contributed by atoms with Gasteiger partial charge in [0.25, 0.3) is 0 Å². The van der Waals surface area contributed by atoms with Crippen molar-refractivity contribution in [2.75, 3.05) is 0 Å². The van der Waals surface area contributed by atoms with Crippen LogP contribution in [0.2, 0.25) is 0 Å². The molecular weight excluding hydrogens is 190 g/mol. The second-order valence-electron chi connectivity index (χ2n) is 4.41. The van der Waals surface area contributed by atoms with Gasteiger partial charge in [-0.1, -0.05) is 0 Å². The van der Waals surface area contributed by atoms with Gasteiger partial charge < -0.3 is 14.8 Å². The Hall–Kier alpha value is -0.800. The quantitative estimate of drug-likeness (QED) is 0.802. The summed E-state index contributed by atoms with van der Waals surface area (Å²) in [5.74, 6) is 0.987. The number of rotatable bonds is 3. The number of nitrogens with one attached hydrogen (secondary N) is 1. The highest BCUT2D eigenvalue weighted by Crippen LogP contribution is 2.21. The molecule has 0 bridgehead atoms. The highest BCUT2D eigenvalue weighted by Gasteiger charge is 2.21. The van der Waals surface area contributed by atoms with Crippen LogP contribution in [-0.2, 0) is 0 Å². The average Bonchev–Trinajstić information content (AvgIpc) is 2.74. The zero-order valence-electron chi connectivity index (χ0n) is 9.15. The number of hydrogen-bond acceptors (Lipinski definition) is 3. The van der Waals surface area contributed by atoms with Crippen molar-refractivity contribution in [3.8, 4) is 0 Å². The first-order valence-electron chi connectivity index (χ1n) is 5.73. The highest BCUT2D eigenvalue weighted by atomic mass is 16.3. The van der Waals surface area contributed by atoms with Gasteiger partial charge >= 0.3 is 0 Å². The summed E-state index contributed by atoms with van der Waals surface area (Å²) in [5.41, 5.74) is 0. The van der Waals surface area contributed by atoms with E-state index in [4.69, 9.17) is 4.42 Å². The van der Waals surface area contributed by atoms with Crippen LogP contribution in [0.25, 0.3) is 0 Å². The van der Waals surface area contributed by atoms with E-state index in [9.17, 15) is 5.11 Å². The molecule has 84 valence electrons. The molecule has 2 N–H and O–H groups in total. The first-order chi connectivity index (χ1) is 7.25. The van der Waals surface area contributed by atoms with E-state index >= 15 is 0 Å². The summed E-state index contributed by atoms with van der Waals surface area (Å²) in [6.07, 6.45) is 5.59. The molecule has 1 heterocycles. The fourth-order valence-electron chi connectivity index (χ4n) is 2.22. The van der Waals surface area contributed by atoms with Crippen LogP contribution in [0.15, 0.2) is 22.8 Å². The Balaban J connectivity index is 1.82. The predicted molar refractivity (Wildman–Crippen MR) is 58.5 cm³/mol. The van der Waals surface area contributed by atoms with Gasteiger partial charge in [-0.15, -0.1) is 0 Å². The third kappa shape index (κ3) is 2.83. The molecule has 1 aliphatic carbocycles. The molecular formula is C12H19NO2. The SMILES string of the molecule is CC(NC1CCC(O)CC1)c1ccco1. The van der Waals surface area contributed by atoms with E-state index in [1.807, 2.05) is 12.1 Å². The van der Waals surface area contributed by atoms with Crippen molar-refractivity contribution in [3.63, 3.8) is 0 Å². The van der Waals surface area contributed by atoms with Crippen LogP contribution in [0.1, 0.15) is 44.4 Å². The predicted octanol–water partition coefficient (Wildman–Crippen LogP) is 2.23. The number of hydrogen-bond donors (Lipinski definition) is 2. The molecule has 0 radical (unpaired) electrons. The summed E-state index contributed by atoms with van der Waals surface area (Å²) in [6, 6.07) is 4.70. The first-order valence-corrected chi connectivity index (χ1v) is 5.73. The van der Waals surface area contributed by atoms with Gasteiger partial charge in [0, 0.05) is 6.04 Å². The van der Waals surface area contributed by atoms with Crippen LogP contribution in [0, 0.1) is 0 Å². The lowest BCUT2D eigenvalue weighted by molar-refractivity contribution is 0.114.